The fraction of sp³-hybridized carbons (Fsp3) is 0.462. The number of carbonyl (C=O) groups excluding carboxylic acids is 1. The van der Waals surface area contributed by atoms with Crippen LogP contribution in [0.4, 0.5) is 0 Å². The van der Waals surface area contributed by atoms with Crippen molar-refractivity contribution in [2.45, 2.75) is 25.7 Å². The van der Waals surface area contributed by atoms with E-state index in [4.69, 9.17) is 4.74 Å². The minimum absolute atomic E-state index is 0.0540. The Balaban J connectivity index is 2.13. The lowest BCUT2D eigenvalue weighted by molar-refractivity contribution is -0.158. The van der Waals surface area contributed by atoms with E-state index < -0.39 is 0 Å². The monoisotopic (exact) mass is 282 g/mol. The molecule has 0 heterocycles. The van der Waals surface area contributed by atoms with E-state index in [1.807, 2.05) is 12.1 Å². The van der Waals surface area contributed by atoms with Crippen LogP contribution in [0.15, 0.2) is 28.7 Å². The zero-order valence-electron chi connectivity index (χ0n) is 9.33. The molecule has 1 aromatic carbocycles. The van der Waals surface area contributed by atoms with Crippen molar-refractivity contribution in [1.29, 1.82) is 0 Å². The molecule has 1 saturated carbocycles. The number of halogens is 1. The molecule has 0 bridgehead atoms. The molecule has 0 atom stereocenters. The number of esters is 1. The van der Waals surface area contributed by atoms with Gasteiger partial charge in [0.1, 0.15) is 0 Å². The Bertz CT molecular complexity index is 379. The molecule has 16 heavy (non-hydrogen) atoms. The quantitative estimate of drug-likeness (QED) is 0.795. The Hall–Kier alpha value is -0.830. The highest BCUT2D eigenvalue weighted by atomic mass is 79.9. The van der Waals surface area contributed by atoms with E-state index in [9.17, 15) is 4.79 Å². The Kier molecular flexibility index (Phi) is 3.33. The maximum Gasteiger partial charge on any atom is 0.312 e. The molecule has 1 aliphatic carbocycles. The molecule has 3 heteroatoms. The highest BCUT2D eigenvalue weighted by Gasteiger charge is 2.45. The minimum Gasteiger partial charge on any atom is -0.469 e. The van der Waals surface area contributed by atoms with Crippen molar-refractivity contribution in [3.05, 3.63) is 34.3 Å². The molecule has 86 valence electrons. The number of rotatable bonds is 3. The minimum atomic E-state index is -0.247. The van der Waals surface area contributed by atoms with Gasteiger partial charge in [0.2, 0.25) is 0 Å². The summed E-state index contributed by atoms with van der Waals surface area (Å²) < 4.78 is 5.97. The van der Waals surface area contributed by atoms with Gasteiger partial charge in [-0.05, 0) is 37.0 Å². The molecule has 1 fully saturated rings. The van der Waals surface area contributed by atoms with Gasteiger partial charge in [0.25, 0.3) is 0 Å². The van der Waals surface area contributed by atoms with Gasteiger partial charge in [-0.1, -0.05) is 34.5 Å². The summed E-state index contributed by atoms with van der Waals surface area (Å²) >= 11 is 3.41. The third kappa shape index (κ3) is 2.14. The molecule has 0 spiro atoms. The second-order valence-electron chi connectivity index (χ2n) is 4.43. The second-order valence-corrected chi connectivity index (χ2v) is 5.34. The highest BCUT2D eigenvalue weighted by molar-refractivity contribution is 9.10. The summed E-state index contributed by atoms with van der Waals surface area (Å²) in [5.74, 6) is -0.0540. The van der Waals surface area contributed by atoms with Gasteiger partial charge < -0.3 is 4.74 Å². The van der Waals surface area contributed by atoms with E-state index in [0.717, 1.165) is 30.2 Å². The third-order valence-electron chi connectivity index (χ3n) is 3.38. The van der Waals surface area contributed by atoms with Gasteiger partial charge in [0, 0.05) is 4.47 Å². The van der Waals surface area contributed by atoms with E-state index in [0.29, 0.717) is 0 Å². The Labute approximate surface area is 104 Å². The van der Waals surface area contributed by atoms with Crippen LogP contribution in [-0.4, -0.2) is 13.1 Å². The highest BCUT2D eigenvalue weighted by Crippen LogP contribution is 2.44. The van der Waals surface area contributed by atoms with Gasteiger partial charge >= 0.3 is 5.97 Å². The van der Waals surface area contributed by atoms with Crippen LogP contribution in [0.25, 0.3) is 0 Å². The van der Waals surface area contributed by atoms with Crippen molar-refractivity contribution in [1.82, 2.24) is 0 Å². The van der Waals surface area contributed by atoms with Crippen molar-refractivity contribution in [2.75, 3.05) is 7.11 Å². The standard InChI is InChI=1S/C13H15BrO2/c1-16-12(15)13(7-2-8-13)9-10-3-5-11(14)6-4-10/h3-6H,2,7-9H2,1H3. The summed E-state index contributed by atoms with van der Waals surface area (Å²) in [6, 6.07) is 8.15. The first-order valence-electron chi connectivity index (χ1n) is 5.49. The topological polar surface area (TPSA) is 26.3 Å². The number of benzene rings is 1. The lowest BCUT2D eigenvalue weighted by Gasteiger charge is -2.39. The molecular formula is C13H15BrO2. The van der Waals surface area contributed by atoms with Crippen LogP contribution in [0, 0.1) is 5.41 Å². The zero-order valence-corrected chi connectivity index (χ0v) is 10.9. The van der Waals surface area contributed by atoms with Crippen LogP contribution in [0.3, 0.4) is 0 Å². The molecule has 0 N–H and O–H groups in total. The molecule has 2 rings (SSSR count). The van der Waals surface area contributed by atoms with Crippen LogP contribution in [-0.2, 0) is 16.0 Å². The molecule has 0 aliphatic heterocycles. The molecule has 0 saturated heterocycles. The molecule has 0 unspecified atom stereocenters. The molecule has 0 amide bonds. The summed E-state index contributed by atoms with van der Waals surface area (Å²) in [5, 5.41) is 0. The number of hydrogen-bond acceptors (Lipinski definition) is 2. The Morgan fingerprint density at radius 3 is 2.44 bits per heavy atom. The van der Waals surface area contributed by atoms with Crippen molar-refractivity contribution >= 4 is 21.9 Å². The van der Waals surface area contributed by atoms with E-state index in [1.54, 1.807) is 0 Å². The number of carbonyl (C=O) groups is 1. The average molecular weight is 283 g/mol. The van der Waals surface area contributed by atoms with Gasteiger partial charge in [-0.2, -0.15) is 0 Å². The second kappa shape index (κ2) is 4.58. The molecule has 2 nitrogen and oxygen atoms in total. The van der Waals surface area contributed by atoms with Crippen LogP contribution < -0.4 is 0 Å². The maximum atomic E-state index is 11.8. The van der Waals surface area contributed by atoms with Gasteiger partial charge in [-0.3, -0.25) is 4.79 Å². The average Bonchev–Trinajstić information content (AvgIpc) is 2.25. The van der Waals surface area contributed by atoms with Crippen molar-refractivity contribution in [3.63, 3.8) is 0 Å². The van der Waals surface area contributed by atoms with Crippen molar-refractivity contribution < 1.29 is 9.53 Å². The summed E-state index contributed by atoms with van der Waals surface area (Å²) in [5.41, 5.74) is 0.955. The van der Waals surface area contributed by atoms with Gasteiger partial charge in [0.15, 0.2) is 0 Å². The predicted octanol–water partition coefficient (Wildman–Crippen LogP) is 3.33. The number of ether oxygens (including phenoxy) is 1. The van der Waals surface area contributed by atoms with E-state index in [2.05, 4.69) is 28.1 Å². The summed E-state index contributed by atoms with van der Waals surface area (Å²) in [6.07, 6.45) is 3.84. The van der Waals surface area contributed by atoms with Crippen LogP contribution in [0.5, 0.6) is 0 Å². The summed E-state index contributed by atoms with van der Waals surface area (Å²) in [7, 11) is 1.48. The van der Waals surface area contributed by atoms with Crippen LogP contribution in [0.1, 0.15) is 24.8 Å². The summed E-state index contributed by atoms with van der Waals surface area (Å²) in [4.78, 5) is 11.8. The smallest absolute Gasteiger partial charge is 0.312 e. The fourth-order valence-electron chi connectivity index (χ4n) is 2.27. The van der Waals surface area contributed by atoms with E-state index in [-0.39, 0.29) is 11.4 Å². The van der Waals surface area contributed by atoms with Gasteiger partial charge in [-0.15, -0.1) is 0 Å². The van der Waals surface area contributed by atoms with E-state index >= 15 is 0 Å². The first-order chi connectivity index (χ1) is 7.66. The lowest BCUT2D eigenvalue weighted by atomic mass is 9.65. The van der Waals surface area contributed by atoms with Gasteiger partial charge in [-0.25, -0.2) is 0 Å². The normalized spacial score (nSPS) is 17.6. The first kappa shape index (κ1) is 11.6. The van der Waals surface area contributed by atoms with Crippen molar-refractivity contribution in [3.8, 4) is 0 Å². The Morgan fingerprint density at radius 1 is 1.38 bits per heavy atom. The number of hydrogen-bond donors (Lipinski definition) is 0. The maximum absolute atomic E-state index is 11.8. The molecule has 0 radical (unpaired) electrons. The molecule has 1 aliphatic rings. The van der Waals surface area contributed by atoms with E-state index in [1.165, 1.54) is 12.7 Å². The van der Waals surface area contributed by atoms with Crippen LogP contribution in [0.2, 0.25) is 0 Å². The largest absolute Gasteiger partial charge is 0.469 e. The molecule has 0 aromatic heterocycles. The summed E-state index contributed by atoms with van der Waals surface area (Å²) in [6.45, 7) is 0. The number of methoxy groups -OCH3 is 1. The van der Waals surface area contributed by atoms with Crippen LogP contribution >= 0.6 is 15.9 Å². The lowest BCUT2D eigenvalue weighted by Crippen LogP contribution is -2.40. The van der Waals surface area contributed by atoms with Gasteiger partial charge in [0.05, 0.1) is 12.5 Å². The predicted molar refractivity (Wildman–Crippen MR) is 66.1 cm³/mol. The first-order valence-corrected chi connectivity index (χ1v) is 6.28. The third-order valence-corrected chi connectivity index (χ3v) is 3.91. The van der Waals surface area contributed by atoms with Crippen molar-refractivity contribution in [2.24, 2.45) is 5.41 Å². The fourth-order valence-corrected chi connectivity index (χ4v) is 2.53. The Morgan fingerprint density at radius 2 is 2.00 bits per heavy atom. The molecule has 1 aromatic rings. The molecular weight excluding hydrogens is 268 g/mol. The zero-order chi connectivity index (χ0) is 11.6. The SMILES string of the molecule is COC(=O)C1(Cc2ccc(Br)cc2)CCC1.